The molecule has 1 saturated heterocycles. The van der Waals surface area contributed by atoms with E-state index in [0.717, 1.165) is 17.7 Å². The average Bonchev–Trinajstić information content (AvgIpc) is 2.76. The van der Waals surface area contributed by atoms with E-state index in [-0.39, 0.29) is 18.5 Å². The van der Waals surface area contributed by atoms with Gasteiger partial charge in [-0.05, 0) is 31.9 Å². The fourth-order valence-electron chi connectivity index (χ4n) is 2.47. The molecule has 0 radical (unpaired) electrons. The van der Waals surface area contributed by atoms with Crippen molar-refractivity contribution in [3.63, 3.8) is 0 Å². The Hall–Kier alpha value is -1.01. The molecule has 1 aliphatic rings. The maximum absolute atomic E-state index is 12.3. The van der Waals surface area contributed by atoms with E-state index < -0.39 is 6.43 Å². The Labute approximate surface area is 122 Å². The first-order chi connectivity index (χ1) is 9.52. The van der Waals surface area contributed by atoms with Crippen LogP contribution < -0.4 is 5.32 Å². The molecular weight excluding hydrogens is 282 g/mol. The van der Waals surface area contributed by atoms with E-state index in [9.17, 15) is 13.6 Å². The van der Waals surface area contributed by atoms with Crippen molar-refractivity contribution >= 4 is 17.2 Å². The van der Waals surface area contributed by atoms with Gasteiger partial charge in [-0.1, -0.05) is 0 Å². The topological polar surface area (TPSA) is 32.3 Å². The van der Waals surface area contributed by atoms with Gasteiger partial charge in [-0.3, -0.25) is 9.69 Å². The highest BCUT2D eigenvalue weighted by Crippen LogP contribution is 2.16. The van der Waals surface area contributed by atoms with Crippen LogP contribution in [0.3, 0.4) is 0 Å². The highest BCUT2D eigenvalue weighted by molar-refractivity contribution is 7.12. The number of hydrogen-bond donors (Lipinski definition) is 1. The van der Waals surface area contributed by atoms with E-state index in [4.69, 9.17) is 0 Å². The van der Waals surface area contributed by atoms with E-state index >= 15 is 0 Å². The number of carbonyl (C=O) groups is 1. The second-order valence-electron chi connectivity index (χ2n) is 5.22. The summed E-state index contributed by atoms with van der Waals surface area (Å²) in [6, 6.07) is 4.11. The van der Waals surface area contributed by atoms with Gasteiger partial charge in [-0.15, -0.1) is 11.3 Å². The quantitative estimate of drug-likeness (QED) is 0.906. The number of nitrogens with zero attached hydrogens (tertiary/aromatic N) is 1. The summed E-state index contributed by atoms with van der Waals surface area (Å²) >= 11 is 1.63. The maximum Gasteiger partial charge on any atom is 0.251 e. The Morgan fingerprint density at radius 2 is 2.15 bits per heavy atom. The summed E-state index contributed by atoms with van der Waals surface area (Å²) in [5.41, 5.74) is 0. The van der Waals surface area contributed by atoms with E-state index in [1.165, 1.54) is 4.88 Å². The van der Waals surface area contributed by atoms with E-state index in [1.54, 1.807) is 16.2 Å². The van der Waals surface area contributed by atoms with Crippen LogP contribution in [-0.2, 0) is 11.2 Å². The largest absolute Gasteiger partial charge is 0.353 e. The molecule has 3 nitrogen and oxygen atoms in total. The van der Waals surface area contributed by atoms with Gasteiger partial charge in [0.15, 0.2) is 0 Å². The summed E-state index contributed by atoms with van der Waals surface area (Å²) in [6.45, 7) is 3.13. The normalized spacial score (nSPS) is 17.6. The van der Waals surface area contributed by atoms with Crippen LogP contribution >= 0.6 is 11.3 Å². The molecule has 1 amide bonds. The van der Waals surface area contributed by atoms with Crippen LogP contribution in [0.15, 0.2) is 12.1 Å². The van der Waals surface area contributed by atoms with E-state index in [2.05, 4.69) is 5.32 Å². The molecule has 20 heavy (non-hydrogen) atoms. The summed E-state index contributed by atoms with van der Waals surface area (Å²) in [7, 11) is 0. The van der Waals surface area contributed by atoms with Gasteiger partial charge in [0.05, 0.1) is 13.0 Å². The smallest absolute Gasteiger partial charge is 0.251 e. The Morgan fingerprint density at radius 1 is 1.45 bits per heavy atom. The molecule has 0 spiro atoms. The second kappa shape index (κ2) is 7.13. The minimum Gasteiger partial charge on any atom is -0.353 e. The first kappa shape index (κ1) is 15.4. The number of piperidine rings is 1. The van der Waals surface area contributed by atoms with E-state index in [1.807, 2.05) is 19.1 Å². The summed E-state index contributed by atoms with van der Waals surface area (Å²) < 4.78 is 24.5. The standard InChI is InChI=1S/C14H20F2N2OS/c1-10-2-3-12(20-10)8-14(19)17-11-4-6-18(7-5-11)9-13(15)16/h2-3,11,13H,4-9H2,1H3,(H,17,19). The van der Waals surface area contributed by atoms with Crippen molar-refractivity contribution < 1.29 is 13.6 Å². The molecule has 1 fully saturated rings. The Balaban J connectivity index is 1.71. The summed E-state index contributed by atoms with van der Waals surface area (Å²) in [5, 5.41) is 3.00. The molecule has 112 valence electrons. The summed E-state index contributed by atoms with van der Waals surface area (Å²) in [4.78, 5) is 15.9. The van der Waals surface area contributed by atoms with Gasteiger partial charge in [-0.25, -0.2) is 8.78 Å². The number of rotatable bonds is 5. The molecular formula is C14H20F2N2OS. The van der Waals surface area contributed by atoms with Crippen LogP contribution in [-0.4, -0.2) is 42.9 Å². The zero-order valence-corrected chi connectivity index (χ0v) is 12.4. The molecule has 0 aliphatic carbocycles. The van der Waals surface area contributed by atoms with Gasteiger partial charge in [0, 0.05) is 28.9 Å². The van der Waals surface area contributed by atoms with Crippen molar-refractivity contribution in [2.24, 2.45) is 0 Å². The van der Waals surface area contributed by atoms with Crippen LogP contribution in [0.1, 0.15) is 22.6 Å². The number of carbonyl (C=O) groups excluding carboxylic acids is 1. The van der Waals surface area contributed by atoms with Crippen molar-refractivity contribution in [3.8, 4) is 0 Å². The second-order valence-corrected chi connectivity index (χ2v) is 6.60. The third-order valence-corrected chi connectivity index (χ3v) is 4.48. The van der Waals surface area contributed by atoms with Crippen molar-refractivity contribution in [2.75, 3.05) is 19.6 Å². The number of alkyl halides is 2. The minimum absolute atomic E-state index is 0.0270. The predicted octanol–water partition coefficient (Wildman–Crippen LogP) is 2.44. The number of aryl methyl sites for hydroxylation is 1. The molecule has 1 N–H and O–H groups in total. The summed E-state index contributed by atoms with van der Waals surface area (Å²) in [6.07, 6.45) is -0.359. The molecule has 0 bridgehead atoms. The number of likely N-dealkylation sites (tertiary alicyclic amines) is 1. The number of hydrogen-bond acceptors (Lipinski definition) is 3. The third-order valence-electron chi connectivity index (χ3n) is 3.48. The number of nitrogens with one attached hydrogen (secondary N) is 1. The van der Waals surface area contributed by atoms with Crippen molar-refractivity contribution in [3.05, 3.63) is 21.9 Å². The Bertz CT molecular complexity index is 442. The monoisotopic (exact) mass is 302 g/mol. The Morgan fingerprint density at radius 3 is 2.70 bits per heavy atom. The molecule has 1 aliphatic heterocycles. The van der Waals surface area contributed by atoms with E-state index in [0.29, 0.717) is 19.5 Å². The van der Waals surface area contributed by atoms with Gasteiger partial charge in [-0.2, -0.15) is 0 Å². The minimum atomic E-state index is -2.27. The number of amides is 1. The molecule has 0 saturated carbocycles. The van der Waals surface area contributed by atoms with Crippen LogP contribution in [0.25, 0.3) is 0 Å². The number of thiophene rings is 1. The van der Waals surface area contributed by atoms with Crippen molar-refractivity contribution in [2.45, 2.75) is 38.7 Å². The highest BCUT2D eigenvalue weighted by Gasteiger charge is 2.22. The van der Waals surface area contributed by atoms with Gasteiger partial charge in [0.2, 0.25) is 5.91 Å². The molecule has 1 aromatic heterocycles. The average molecular weight is 302 g/mol. The highest BCUT2D eigenvalue weighted by atomic mass is 32.1. The Kier molecular flexibility index (Phi) is 5.48. The lowest BCUT2D eigenvalue weighted by Crippen LogP contribution is -2.46. The third kappa shape index (κ3) is 4.83. The SMILES string of the molecule is Cc1ccc(CC(=O)NC2CCN(CC(F)F)CC2)s1. The lowest BCUT2D eigenvalue weighted by atomic mass is 10.0. The zero-order chi connectivity index (χ0) is 14.5. The lowest BCUT2D eigenvalue weighted by Gasteiger charge is -2.32. The predicted molar refractivity (Wildman–Crippen MR) is 76.4 cm³/mol. The molecule has 0 atom stereocenters. The van der Waals surface area contributed by atoms with Gasteiger partial charge in [0.1, 0.15) is 0 Å². The van der Waals surface area contributed by atoms with Gasteiger partial charge < -0.3 is 5.32 Å². The van der Waals surface area contributed by atoms with Gasteiger partial charge in [0.25, 0.3) is 6.43 Å². The van der Waals surface area contributed by atoms with Crippen molar-refractivity contribution in [1.82, 2.24) is 10.2 Å². The van der Waals surface area contributed by atoms with Crippen LogP contribution in [0.5, 0.6) is 0 Å². The fraction of sp³-hybridized carbons (Fsp3) is 0.643. The molecule has 0 aromatic carbocycles. The zero-order valence-electron chi connectivity index (χ0n) is 11.6. The fourth-order valence-corrected chi connectivity index (χ4v) is 3.36. The molecule has 1 aromatic rings. The molecule has 2 heterocycles. The van der Waals surface area contributed by atoms with Crippen LogP contribution in [0, 0.1) is 6.92 Å². The van der Waals surface area contributed by atoms with Gasteiger partial charge >= 0.3 is 0 Å². The molecule has 2 rings (SSSR count). The van der Waals surface area contributed by atoms with Crippen LogP contribution in [0.2, 0.25) is 0 Å². The first-order valence-corrected chi connectivity index (χ1v) is 7.70. The maximum atomic E-state index is 12.3. The molecule has 6 heteroatoms. The summed E-state index contributed by atoms with van der Waals surface area (Å²) in [5.74, 6) is 0.0270. The lowest BCUT2D eigenvalue weighted by molar-refractivity contribution is -0.121. The van der Waals surface area contributed by atoms with Crippen LogP contribution in [0.4, 0.5) is 8.78 Å². The molecule has 0 unspecified atom stereocenters. The number of halogens is 2. The van der Waals surface area contributed by atoms with Crippen molar-refractivity contribution in [1.29, 1.82) is 0 Å². The first-order valence-electron chi connectivity index (χ1n) is 6.88.